The van der Waals surface area contributed by atoms with Gasteiger partial charge >= 0.3 is 0 Å². The minimum Gasteiger partial charge on any atom is -0.350 e. The van der Waals surface area contributed by atoms with E-state index in [0.29, 0.717) is 11.5 Å². The second kappa shape index (κ2) is 4.44. The standard InChI is InChI=1S/C8H12N2O2S2/c11-7-6-13-8(9-7)10-2-1-4-14(12)5-3-10/h1-6H2. The smallest absolute Gasteiger partial charge is 0.258 e. The zero-order chi connectivity index (χ0) is 9.97. The summed E-state index contributed by atoms with van der Waals surface area (Å²) in [6.07, 6.45) is 0.931. The van der Waals surface area contributed by atoms with E-state index < -0.39 is 10.8 Å². The molecule has 1 atom stereocenters. The van der Waals surface area contributed by atoms with Crippen LogP contribution in [-0.4, -0.2) is 50.5 Å². The second-order valence-corrected chi connectivity index (χ2v) is 5.90. The number of nitrogens with zero attached hydrogens (tertiary/aromatic N) is 2. The molecule has 2 heterocycles. The van der Waals surface area contributed by atoms with Gasteiger partial charge < -0.3 is 4.90 Å². The Morgan fingerprint density at radius 2 is 2.21 bits per heavy atom. The number of aliphatic imine (C=N–C) groups is 1. The Morgan fingerprint density at radius 3 is 2.93 bits per heavy atom. The summed E-state index contributed by atoms with van der Waals surface area (Å²) in [4.78, 5) is 17.0. The lowest BCUT2D eigenvalue weighted by atomic mass is 10.4. The SMILES string of the molecule is O=C1CSC(N2CCCS(=O)CC2)=N1. The van der Waals surface area contributed by atoms with Gasteiger partial charge in [-0.1, -0.05) is 11.8 Å². The summed E-state index contributed by atoms with van der Waals surface area (Å²) < 4.78 is 11.3. The van der Waals surface area contributed by atoms with E-state index >= 15 is 0 Å². The van der Waals surface area contributed by atoms with E-state index in [-0.39, 0.29) is 5.91 Å². The van der Waals surface area contributed by atoms with Gasteiger partial charge in [-0.15, -0.1) is 0 Å². The first-order valence-electron chi connectivity index (χ1n) is 4.60. The molecule has 1 unspecified atom stereocenters. The average Bonchev–Trinajstić information content (AvgIpc) is 2.46. The number of amides is 1. The van der Waals surface area contributed by atoms with Gasteiger partial charge in [0.05, 0.1) is 5.75 Å². The number of hydrogen-bond donors (Lipinski definition) is 0. The summed E-state index contributed by atoms with van der Waals surface area (Å²) in [5.41, 5.74) is 0. The van der Waals surface area contributed by atoms with E-state index in [0.717, 1.165) is 30.4 Å². The zero-order valence-corrected chi connectivity index (χ0v) is 9.40. The van der Waals surface area contributed by atoms with Crippen molar-refractivity contribution in [2.24, 2.45) is 4.99 Å². The van der Waals surface area contributed by atoms with Crippen molar-refractivity contribution in [2.45, 2.75) is 6.42 Å². The fourth-order valence-electron chi connectivity index (χ4n) is 1.49. The fourth-order valence-corrected chi connectivity index (χ4v) is 3.42. The highest BCUT2D eigenvalue weighted by Gasteiger charge is 2.22. The van der Waals surface area contributed by atoms with E-state index in [9.17, 15) is 9.00 Å². The van der Waals surface area contributed by atoms with Gasteiger partial charge in [0, 0.05) is 35.4 Å². The van der Waals surface area contributed by atoms with Gasteiger partial charge in [-0.25, -0.2) is 0 Å². The first-order valence-corrected chi connectivity index (χ1v) is 7.07. The predicted octanol–water partition coefficient (Wildman–Crippen LogP) is 0.0702. The molecule has 6 heteroatoms. The molecule has 1 amide bonds. The van der Waals surface area contributed by atoms with Crippen molar-refractivity contribution in [2.75, 3.05) is 30.3 Å². The molecule has 0 radical (unpaired) electrons. The summed E-state index contributed by atoms with van der Waals surface area (Å²) in [5.74, 6) is 1.90. The van der Waals surface area contributed by atoms with E-state index in [1.54, 1.807) is 0 Å². The van der Waals surface area contributed by atoms with Gasteiger partial charge in [-0.3, -0.25) is 9.00 Å². The number of carbonyl (C=O) groups excluding carboxylic acids is 1. The molecular weight excluding hydrogens is 220 g/mol. The van der Waals surface area contributed by atoms with Crippen LogP contribution < -0.4 is 0 Å². The Hall–Kier alpha value is -0.360. The number of rotatable bonds is 0. The third kappa shape index (κ3) is 2.36. The molecule has 0 saturated carbocycles. The Bertz CT molecular complexity index is 304. The van der Waals surface area contributed by atoms with Crippen LogP contribution >= 0.6 is 11.8 Å². The summed E-state index contributed by atoms with van der Waals surface area (Å²) in [6, 6.07) is 0. The zero-order valence-electron chi connectivity index (χ0n) is 7.77. The lowest BCUT2D eigenvalue weighted by Crippen LogP contribution is -2.30. The predicted molar refractivity (Wildman–Crippen MR) is 59.0 cm³/mol. The van der Waals surface area contributed by atoms with E-state index in [1.807, 2.05) is 0 Å². The normalized spacial score (nSPS) is 28.9. The van der Waals surface area contributed by atoms with Crippen LogP contribution in [0.5, 0.6) is 0 Å². The summed E-state index contributed by atoms with van der Waals surface area (Å²) >= 11 is 1.49. The average molecular weight is 232 g/mol. The van der Waals surface area contributed by atoms with Crippen molar-refractivity contribution in [1.82, 2.24) is 4.90 Å². The van der Waals surface area contributed by atoms with Gasteiger partial charge in [0.15, 0.2) is 5.17 Å². The number of amidine groups is 1. The van der Waals surface area contributed by atoms with Gasteiger partial charge in [-0.05, 0) is 6.42 Å². The molecule has 0 aliphatic carbocycles. The third-order valence-corrected chi connectivity index (χ3v) is 4.59. The Balaban J connectivity index is 2.00. The second-order valence-electron chi connectivity index (χ2n) is 3.27. The molecule has 1 saturated heterocycles. The molecular formula is C8H12N2O2S2. The van der Waals surface area contributed by atoms with Gasteiger partial charge in [0.2, 0.25) is 0 Å². The third-order valence-electron chi connectivity index (χ3n) is 2.20. The van der Waals surface area contributed by atoms with Crippen molar-refractivity contribution >= 4 is 33.6 Å². The van der Waals surface area contributed by atoms with Gasteiger partial charge in [-0.2, -0.15) is 4.99 Å². The first-order chi connectivity index (χ1) is 6.75. The van der Waals surface area contributed by atoms with Crippen LogP contribution in [0.3, 0.4) is 0 Å². The van der Waals surface area contributed by atoms with Gasteiger partial charge in [0.25, 0.3) is 5.91 Å². The highest BCUT2D eigenvalue weighted by Crippen LogP contribution is 2.17. The van der Waals surface area contributed by atoms with Crippen LogP contribution in [0.25, 0.3) is 0 Å². The number of hydrogen-bond acceptors (Lipinski definition) is 4. The van der Waals surface area contributed by atoms with Crippen molar-refractivity contribution in [3.8, 4) is 0 Å². The molecule has 0 aromatic heterocycles. The van der Waals surface area contributed by atoms with Crippen LogP contribution in [0.2, 0.25) is 0 Å². The Labute approximate surface area is 89.6 Å². The van der Waals surface area contributed by atoms with Crippen molar-refractivity contribution < 1.29 is 9.00 Å². The maximum atomic E-state index is 11.3. The fraction of sp³-hybridized carbons (Fsp3) is 0.750. The number of carbonyl (C=O) groups is 1. The monoisotopic (exact) mass is 232 g/mol. The van der Waals surface area contributed by atoms with Crippen LogP contribution in [0.15, 0.2) is 4.99 Å². The van der Waals surface area contributed by atoms with Crippen molar-refractivity contribution in [1.29, 1.82) is 0 Å². The minimum atomic E-state index is -0.678. The molecule has 2 rings (SSSR count). The molecule has 0 aromatic rings. The van der Waals surface area contributed by atoms with E-state index in [4.69, 9.17) is 0 Å². The largest absolute Gasteiger partial charge is 0.350 e. The molecule has 0 spiro atoms. The van der Waals surface area contributed by atoms with Crippen molar-refractivity contribution in [3.05, 3.63) is 0 Å². The van der Waals surface area contributed by atoms with Crippen LogP contribution in [0.4, 0.5) is 0 Å². The molecule has 0 aromatic carbocycles. The highest BCUT2D eigenvalue weighted by atomic mass is 32.2. The molecule has 0 N–H and O–H groups in total. The van der Waals surface area contributed by atoms with Crippen LogP contribution in [-0.2, 0) is 15.6 Å². The lowest BCUT2D eigenvalue weighted by molar-refractivity contribution is -0.115. The Morgan fingerprint density at radius 1 is 1.36 bits per heavy atom. The molecule has 2 aliphatic heterocycles. The number of thioether (sulfide) groups is 1. The van der Waals surface area contributed by atoms with Gasteiger partial charge in [0.1, 0.15) is 0 Å². The molecule has 78 valence electrons. The molecule has 0 bridgehead atoms. The minimum absolute atomic E-state index is 0.0460. The maximum absolute atomic E-state index is 11.3. The van der Waals surface area contributed by atoms with Crippen molar-refractivity contribution in [3.63, 3.8) is 0 Å². The lowest BCUT2D eigenvalue weighted by Gasteiger charge is -2.19. The molecule has 4 nitrogen and oxygen atoms in total. The quantitative estimate of drug-likeness (QED) is 0.593. The summed E-state index contributed by atoms with van der Waals surface area (Å²) in [5, 5.41) is 0.828. The topological polar surface area (TPSA) is 49.7 Å². The molecule has 2 aliphatic rings. The Kier molecular flexibility index (Phi) is 3.22. The molecule has 1 fully saturated rings. The van der Waals surface area contributed by atoms with E-state index in [1.165, 1.54) is 11.8 Å². The van der Waals surface area contributed by atoms with Crippen LogP contribution in [0, 0.1) is 0 Å². The summed E-state index contributed by atoms with van der Waals surface area (Å²) in [7, 11) is -0.678. The van der Waals surface area contributed by atoms with E-state index in [2.05, 4.69) is 9.89 Å². The highest BCUT2D eigenvalue weighted by molar-refractivity contribution is 8.14. The maximum Gasteiger partial charge on any atom is 0.258 e. The first kappa shape index (κ1) is 10.2. The summed E-state index contributed by atoms with van der Waals surface area (Å²) in [6.45, 7) is 1.65. The molecule has 14 heavy (non-hydrogen) atoms. The van der Waals surface area contributed by atoms with Crippen LogP contribution in [0.1, 0.15) is 6.42 Å².